The lowest BCUT2D eigenvalue weighted by Gasteiger charge is -2.37. The minimum absolute atomic E-state index is 0.215. The van der Waals surface area contributed by atoms with E-state index in [1.54, 1.807) is 0 Å². The second-order valence-corrected chi connectivity index (χ2v) is 7.34. The SMILES string of the molecule is C=C(CO[C@@H]1C[C@H](C)CC[C@H]1C(C)C)C(=O)OCc1ccccc1. The Hall–Kier alpha value is -1.61. The molecule has 0 aliphatic heterocycles. The number of carbonyl (C=O) groups excluding carboxylic acids is 1. The summed E-state index contributed by atoms with van der Waals surface area (Å²) in [5.74, 6) is 1.47. The van der Waals surface area contributed by atoms with E-state index in [0.717, 1.165) is 12.0 Å². The summed E-state index contributed by atoms with van der Waals surface area (Å²) in [6.07, 6.45) is 3.75. The first kappa shape index (κ1) is 18.7. The van der Waals surface area contributed by atoms with Crippen molar-refractivity contribution in [2.45, 2.75) is 52.7 Å². The molecule has 3 heteroatoms. The summed E-state index contributed by atoms with van der Waals surface area (Å²) in [5, 5.41) is 0. The number of rotatable bonds is 7. The molecular weight excluding hydrogens is 300 g/mol. The molecule has 0 bridgehead atoms. The van der Waals surface area contributed by atoms with Gasteiger partial charge >= 0.3 is 5.97 Å². The molecule has 2 rings (SSSR count). The van der Waals surface area contributed by atoms with E-state index < -0.39 is 0 Å². The Morgan fingerprint density at radius 3 is 2.62 bits per heavy atom. The van der Waals surface area contributed by atoms with Crippen LogP contribution in [0.15, 0.2) is 42.5 Å². The smallest absolute Gasteiger partial charge is 0.336 e. The Labute approximate surface area is 146 Å². The molecule has 1 aromatic rings. The highest BCUT2D eigenvalue weighted by Crippen LogP contribution is 2.35. The van der Waals surface area contributed by atoms with Gasteiger partial charge in [-0.1, -0.05) is 64.1 Å². The maximum atomic E-state index is 12.1. The van der Waals surface area contributed by atoms with E-state index in [0.29, 0.717) is 23.3 Å². The van der Waals surface area contributed by atoms with E-state index in [1.807, 2.05) is 30.3 Å². The van der Waals surface area contributed by atoms with Gasteiger partial charge in [-0.15, -0.1) is 0 Å². The van der Waals surface area contributed by atoms with E-state index in [2.05, 4.69) is 27.4 Å². The Kier molecular flexibility index (Phi) is 7.04. The molecule has 0 heterocycles. The van der Waals surface area contributed by atoms with Gasteiger partial charge in [0.05, 0.1) is 18.3 Å². The van der Waals surface area contributed by atoms with Crippen molar-refractivity contribution in [3.63, 3.8) is 0 Å². The number of carbonyl (C=O) groups is 1. The highest BCUT2D eigenvalue weighted by molar-refractivity contribution is 5.87. The van der Waals surface area contributed by atoms with Gasteiger partial charge < -0.3 is 9.47 Å². The van der Waals surface area contributed by atoms with Crippen LogP contribution in [-0.2, 0) is 20.9 Å². The first-order chi connectivity index (χ1) is 11.5. The van der Waals surface area contributed by atoms with Crippen LogP contribution in [0.4, 0.5) is 0 Å². The van der Waals surface area contributed by atoms with Gasteiger partial charge in [0.2, 0.25) is 0 Å². The molecule has 0 radical (unpaired) electrons. The van der Waals surface area contributed by atoms with E-state index in [4.69, 9.17) is 9.47 Å². The molecule has 3 atom stereocenters. The van der Waals surface area contributed by atoms with Crippen LogP contribution in [0.1, 0.15) is 45.6 Å². The van der Waals surface area contributed by atoms with Gasteiger partial charge in [0.15, 0.2) is 0 Å². The van der Waals surface area contributed by atoms with E-state index in [1.165, 1.54) is 12.8 Å². The fraction of sp³-hybridized carbons (Fsp3) is 0.571. The minimum atomic E-state index is -0.371. The van der Waals surface area contributed by atoms with Crippen LogP contribution in [0.3, 0.4) is 0 Å². The zero-order chi connectivity index (χ0) is 17.5. The third kappa shape index (κ3) is 5.48. The maximum Gasteiger partial charge on any atom is 0.336 e. The van der Waals surface area contributed by atoms with Crippen molar-refractivity contribution >= 4 is 5.97 Å². The molecule has 0 saturated heterocycles. The van der Waals surface area contributed by atoms with Crippen LogP contribution in [0.2, 0.25) is 0 Å². The summed E-state index contributed by atoms with van der Waals surface area (Å²) in [6.45, 7) is 11.1. The third-order valence-electron chi connectivity index (χ3n) is 4.93. The number of hydrogen-bond acceptors (Lipinski definition) is 3. The van der Waals surface area contributed by atoms with Crippen molar-refractivity contribution in [2.75, 3.05) is 6.61 Å². The Morgan fingerprint density at radius 1 is 1.25 bits per heavy atom. The average molecular weight is 330 g/mol. The van der Waals surface area contributed by atoms with Crippen LogP contribution >= 0.6 is 0 Å². The van der Waals surface area contributed by atoms with Gasteiger partial charge in [0, 0.05) is 0 Å². The summed E-state index contributed by atoms with van der Waals surface area (Å²) in [5.41, 5.74) is 1.37. The highest BCUT2D eigenvalue weighted by Gasteiger charge is 2.31. The first-order valence-electron chi connectivity index (χ1n) is 8.97. The lowest BCUT2D eigenvalue weighted by atomic mass is 9.75. The van der Waals surface area contributed by atoms with Crippen molar-refractivity contribution in [1.82, 2.24) is 0 Å². The molecule has 0 amide bonds. The second-order valence-electron chi connectivity index (χ2n) is 7.34. The second kappa shape index (κ2) is 9.03. The van der Waals surface area contributed by atoms with Crippen molar-refractivity contribution < 1.29 is 14.3 Å². The maximum absolute atomic E-state index is 12.1. The molecule has 1 aliphatic carbocycles. The van der Waals surface area contributed by atoms with Crippen molar-refractivity contribution in [3.8, 4) is 0 Å². The lowest BCUT2D eigenvalue weighted by molar-refractivity contribution is -0.141. The molecule has 1 saturated carbocycles. The van der Waals surface area contributed by atoms with Gasteiger partial charge in [-0.3, -0.25) is 0 Å². The lowest BCUT2D eigenvalue weighted by Crippen LogP contribution is -2.35. The van der Waals surface area contributed by atoms with E-state index >= 15 is 0 Å². The third-order valence-corrected chi connectivity index (χ3v) is 4.93. The van der Waals surface area contributed by atoms with Crippen LogP contribution in [-0.4, -0.2) is 18.7 Å². The van der Waals surface area contributed by atoms with Crippen LogP contribution in [0.25, 0.3) is 0 Å². The molecule has 1 fully saturated rings. The number of ether oxygens (including phenoxy) is 2. The van der Waals surface area contributed by atoms with Gasteiger partial charge in [-0.25, -0.2) is 4.79 Å². The van der Waals surface area contributed by atoms with Crippen LogP contribution in [0, 0.1) is 17.8 Å². The number of hydrogen-bond donors (Lipinski definition) is 0. The number of benzene rings is 1. The molecule has 1 aromatic carbocycles. The van der Waals surface area contributed by atoms with Crippen molar-refractivity contribution in [3.05, 3.63) is 48.0 Å². The molecule has 0 spiro atoms. The minimum Gasteiger partial charge on any atom is -0.457 e. The molecule has 1 aliphatic rings. The predicted octanol–water partition coefficient (Wildman–Crippen LogP) is 4.76. The average Bonchev–Trinajstić information content (AvgIpc) is 2.58. The molecule has 3 nitrogen and oxygen atoms in total. The largest absolute Gasteiger partial charge is 0.457 e. The molecule has 132 valence electrons. The van der Waals surface area contributed by atoms with E-state index in [9.17, 15) is 4.79 Å². The predicted molar refractivity (Wildman–Crippen MR) is 96.5 cm³/mol. The van der Waals surface area contributed by atoms with Gasteiger partial charge in [0.1, 0.15) is 6.61 Å². The number of esters is 1. The summed E-state index contributed by atoms with van der Waals surface area (Å²) in [4.78, 5) is 12.1. The van der Waals surface area contributed by atoms with Crippen LogP contribution < -0.4 is 0 Å². The molecule has 0 N–H and O–H groups in total. The summed E-state index contributed by atoms with van der Waals surface area (Å²) >= 11 is 0. The van der Waals surface area contributed by atoms with Gasteiger partial charge in [0.25, 0.3) is 0 Å². The van der Waals surface area contributed by atoms with Crippen LogP contribution in [0.5, 0.6) is 0 Å². The highest BCUT2D eigenvalue weighted by atomic mass is 16.5. The zero-order valence-corrected chi connectivity index (χ0v) is 15.2. The monoisotopic (exact) mass is 330 g/mol. The standard InChI is InChI=1S/C21H30O3/c1-15(2)19-11-10-16(3)12-20(19)23-13-17(4)21(22)24-14-18-8-6-5-7-9-18/h5-9,15-16,19-20H,4,10-14H2,1-3H3/t16-,19+,20-/m1/s1. The zero-order valence-electron chi connectivity index (χ0n) is 15.2. The van der Waals surface area contributed by atoms with E-state index in [-0.39, 0.29) is 25.3 Å². The molecule has 24 heavy (non-hydrogen) atoms. The van der Waals surface area contributed by atoms with Crippen molar-refractivity contribution in [2.24, 2.45) is 17.8 Å². The summed E-state index contributed by atoms with van der Waals surface area (Å²) < 4.78 is 11.4. The Balaban J connectivity index is 1.79. The Bertz CT molecular complexity index is 535. The first-order valence-corrected chi connectivity index (χ1v) is 8.97. The molecular formula is C21H30O3. The van der Waals surface area contributed by atoms with Gasteiger partial charge in [-0.2, -0.15) is 0 Å². The molecule has 0 unspecified atom stereocenters. The fourth-order valence-electron chi connectivity index (χ4n) is 3.40. The van der Waals surface area contributed by atoms with Crippen molar-refractivity contribution in [1.29, 1.82) is 0 Å². The summed E-state index contributed by atoms with van der Waals surface area (Å²) in [7, 11) is 0. The van der Waals surface area contributed by atoms with Gasteiger partial charge in [-0.05, 0) is 36.2 Å². The molecule has 0 aromatic heterocycles. The normalized spacial score (nSPS) is 23.9. The fourth-order valence-corrected chi connectivity index (χ4v) is 3.40. The Morgan fingerprint density at radius 2 is 1.96 bits per heavy atom. The topological polar surface area (TPSA) is 35.5 Å². The summed E-state index contributed by atoms with van der Waals surface area (Å²) in [6, 6.07) is 9.66. The quantitative estimate of drug-likeness (QED) is 0.534.